The first-order valence-corrected chi connectivity index (χ1v) is 14.5. The van der Waals surface area contributed by atoms with Crippen molar-refractivity contribution >= 4 is 6.21 Å². The second kappa shape index (κ2) is 12.0. The Kier molecular flexibility index (Phi) is 8.35. The number of hydrogen-bond donors (Lipinski definition) is 1. The molecule has 5 rings (SSSR count). The van der Waals surface area contributed by atoms with Crippen LogP contribution in [-0.4, -0.2) is 36.0 Å². The Bertz CT molecular complexity index is 1300. The number of H-pyrrole nitrogens is 1. The molecule has 3 unspecified atom stereocenters. The summed E-state index contributed by atoms with van der Waals surface area (Å²) in [6, 6.07) is 8.61. The van der Waals surface area contributed by atoms with E-state index in [1.807, 2.05) is 24.5 Å². The van der Waals surface area contributed by atoms with Gasteiger partial charge in [-0.3, -0.25) is 14.1 Å². The molecule has 1 fully saturated rings. The maximum Gasteiger partial charge on any atom is 0.328 e. The van der Waals surface area contributed by atoms with Crippen LogP contribution in [0, 0.1) is 5.92 Å². The third-order valence-corrected chi connectivity index (χ3v) is 8.53. The number of nitrogens with zero attached hydrogens (tertiary/aromatic N) is 6. The van der Waals surface area contributed by atoms with Gasteiger partial charge in [-0.25, -0.2) is 4.79 Å². The van der Waals surface area contributed by atoms with Gasteiger partial charge in [0.15, 0.2) is 0 Å². The monoisotopic (exact) mass is 515 g/mol. The van der Waals surface area contributed by atoms with Crippen molar-refractivity contribution in [2.45, 2.75) is 102 Å². The molecule has 0 radical (unpaired) electrons. The summed E-state index contributed by atoms with van der Waals surface area (Å²) in [7, 11) is 0. The van der Waals surface area contributed by atoms with E-state index < -0.39 is 0 Å². The summed E-state index contributed by atoms with van der Waals surface area (Å²) in [5.41, 5.74) is 2.95. The number of allylic oxidation sites excluding steroid dienone is 1. The Hall–Kier alpha value is -3.29. The lowest BCUT2D eigenvalue weighted by molar-refractivity contribution is 0.282. The van der Waals surface area contributed by atoms with Crippen LogP contribution >= 0.6 is 0 Å². The number of aliphatic imine (C=N–C) groups is 1. The number of aromatic amines is 1. The molecule has 0 bridgehead atoms. The first kappa shape index (κ1) is 26.3. The number of imidazole rings is 1. The van der Waals surface area contributed by atoms with E-state index in [0.717, 1.165) is 48.9 Å². The normalized spacial score (nSPS) is 23.5. The minimum atomic E-state index is -0.384. The van der Waals surface area contributed by atoms with Crippen LogP contribution in [0.4, 0.5) is 0 Å². The second-order valence-electron chi connectivity index (χ2n) is 11.1. The molecule has 38 heavy (non-hydrogen) atoms. The molecule has 3 aromatic rings. The van der Waals surface area contributed by atoms with Crippen molar-refractivity contribution < 1.29 is 0 Å². The number of rotatable bonds is 10. The molecule has 0 amide bonds. The van der Waals surface area contributed by atoms with E-state index >= 15 is 0 Å². The number of hydrogen-bond acceptors (Lipinski definition) is 5. The number of benzene rings is 1. The average Bonchev–Trinajstić information content (AvgIpc) is 3.52. The van der Waals surface area contributed by atoms with E-state index in [-0.39, 0.29) is 11.1 Å². The van der Waals surface area contributed by atoms with Crippen molar-refractivity contribution in [1.29, 1.82) is 0 Å². The second-order valence-corrected chi connectivity index (χ2v) is 11.1. The van der Waals surface area contributed by atoms with Crippen molar-refractivity contribution in [1.82, 2.24) is 29.8 Å². The zero-order valence-electron chi connectivity index (χ0n) is 22.9. The molecule has 1 saturated carbocycles. The fourth-order valence-corrected chi connectivity index (χ4v) is 6.44. The van der Waals surface area contributed by atoms with Gasteiger partial charge in [-0.2, -0.15) is 5.21 Å². The molecule has 2 aliphatic rings. The number of nitrogens with one attached hydrogen (secondary N) is 1. The van der Waals surface area contributed by atoms with Gasteiger partial charge in [-0.15, -0.1) is 10.2 Å². The standard InChI is InChI=1S/C30H41N7O/c1-3-5-14-26-21-36(27-15-8-6-7-11-23(27)10-4-2)29(38)37(26)22-30(16-18-31-19-17-30)25-13-9-12-24(20-25)28-32-34-35-33-28/h9,12-13,16,18-21,23,27H,3-8,10-11,14-15,17,22H2,1-2H3,(H,32,33,34,35). The van der Waals surface area contributed by atoms with Crippen molar-refractivity contribution in [2.24, 2.45) is 10.9 Å². The molecule has 8 heteroatoms. The summed E-state index contributed by atoms with van der Waals surface area (Å²) >= 11 is 0. The van der Waals surface area contributed by atoms with Crippen LogP contribution < -0.4 is 5.69 Å². The molecule has 3 atom stereocenters. The van der Waals surface area contributed by atoms with Gasteiger partial charge < -0.3 is 0 Å². The van der Waals surface area contributed by atoms with Gasteiger partial charge in [0.25, 0.3) is 0 Å². The molecule has 0 saturated heterocycles. The molecule has 8 nitrogen and oxygen atoms in total. The van der Waals surface area contributed by atoms with Crippen LogP contribution in [0.3, 0.4) is 0 Å². The van der Waals surface area contributed by atoms with Crippen molar-refractivity contribution in [2.75, 3.05) is 0 Å². The largest absolute Gasteiger partial charge is 0.328 e. The predicted octanol–water partition coefficient (Wildman–Crippen LogP) is 6.02. The zero-order valence-corrected chi connectivity index (χ0v) is 22.9. The molecule has 1 aliphatic carbocycles. The fourth-order valence-electron chi connectivity index (χ4n) is 6.44. The highest BCUT2D eigenvalue weighted by Crippen LogP contribution is 2.37. The minimum Gasteiger partial charge on any atom is -0.296 e. The predicted molar refractivity (Wildman–Crippen MR) is 151 cm³/mol. The Morgan fingerprint density at radius 2 is 2.03 bits per heavy atom. The van der Waals surface area contributed by atoms with Crippen molar-refractivity contribution in [3.63, 3.8) is 0 Å². The van der Waals surface area contributed by atoms with Gasteiger partial charge in [0.1, 0.15) is 0 Å². The third-order valence-electron chi connectivity index (χ3n) is 8.53. The van der Waals surface area contributed by atoms with Gasteiger partial charge in [0, 0.05) is 47.9 Å². The molecule has 1 N–H and O–H groups in total. The van der Waals surface area contributed by atoms with Crippen LogP contribution in [0.5, 0.6) is 0 Å². The SMILES string of the molecule is CCCCc1cn(C2CCCCCC2CCC)c(=O)n1CC1(c2cccc(-c3nn[nH]n3)c2)C=CN=CC1. The Labute approximate surface area is 225 Å². The van der Waals surface area contributed by atoms with Crippen LogP contribution in [0.25, 0.3) is 11.4 Å². The Balaban J connectivity index is 1.56. The number of tetrazole rings is 1. The number of unbranched alkanes of at least 4 members (excludes halogenated alkanes) is 1. The molecule has 1 aliphatic heterocycles. The maximum atomic E-state index is 14.3. The Morgan fingerprint density at radius 3 is 2.79 bits per heavy atom. The fraction of sp³-hybridized carbons (Fsp3) is 0.567. The summed E-state index contributed by atoms with van der Waals surface area (Å²) < 4.78 is 4.20. The lowest BCUT2D eigenvalue weighted by Crippen LogP contribution is -2.38. The first-order valence-electron chi connectivity index (χ1n) is 14.5. The summed E-state index contributed by atoms with van der Waals surface area (Å²) in [6.07, 6.45) is 20.5. The summed E-state index contributed by atoms with van der Waals surface area (Å²) in [4.78, 5) is 18.6. The first-order chi connectivity index (χ1) is 18.6. The number of aryl methyl sites for hydroxylation is 1. The minimum absolute atomic E-state index is 0.147. The highest BCUT2D eigenvalue weighted by Gasteiger charge is 2.34. The number of aromatic nitrogens is 6. The van der Waals surface area contributed by atoms with E-state index in [0.29, 0.717) is 24.3 Å². The van der Waals surface area contributed by atoms with Crippen molar-refractivity contribution in [3.05, 3.63) is 64.5 Å². The van der Waals surface area contributed by atoms with Gasteiger partial charge >= 0.3 is 5.69 Å². The van der Waals surface area contributed by atoms with E-state index in [2.05, 4.69) is 73.0 Å². The van der Waals surface area contributed by atoms with Gasteiger partial charge in [0.05, 0.1) is 0 Å². The van der Waals surface area contributed by atoms with E-state index in [9.17, 15) is 4.79 Å². The highest BCUT2D eigenvalue weighted by atomic mass is 16.1. The van der Waals surface area contributed by atoms with Gasteiger partial charge in [0.2, 0.25) is 5.82 Å². The van der Waals surface area contributed by atoms with Gasteiger partial charge in [-0.05, 0) is 61.3 Å². The van der Waals surface area contributed by atoms with E-state index in [1.165, 1.54) is 38.5 Å². The van der Waals surface area contributed by atoms with Crippen LogP contribution in [-0.2, 0) is 18.4 Å². The maximum absolute atomic E-state index is 14.3. The zero-order chi connectivity index (χ0) is 26.4. The molecular weight excluding hydrogens is 474 g/mol. The van der Waals surface area contributed by atoms with E-state index in [1.54, 1.807) is 0 Å². The molecule has 0 spiro atoms. The topological polar surface area (TPSA) is 93.8 Å². The quantitative estimate of drug-likeness (QED) is 0.334. The summed E-state index contributed by atoms with van der Waals surface area (Å²) in [5, 5.41) is 14.6. The smallest absolute Gasteiger partial charge is 0.296 e. The summed E-state index contributed by atoms with van der Waals surface area (Å²) in [6.45, 7) is 5.07. The Morgan fingerprint density at radius 1 is 1.13 bits per heavy atom. The van der Waals surface area contributed by atoms with Crippen molar-refractivity contribution in [3.8, 4) is 11.4 Å². The highest BCUT2D eigenvalue weighted by molar-refractivity contribution is 5.65. The summed E-state index contributed by atoms with van der Waals surface area (Å²) in [5.74, 6) is 1.15. The van der Waals surface area contributed by atoms with Crippen LogP contribution in [0.15, 0.2) is 52.5 Å². The lowest BCUT2D eigenvalue weighted by Gasteiger charge is -2.32. The average molecular weight is 516 g/mol. The van der Waals surface area contributed by atoms with E-state index in [4.69, 9.17) is 0 Å². The van der Waals surface area contributed by atoms with Crippen LogP contribution in [0.2, 0.25) is 0 Å². The molecule has 202 valence electrons. The molecule has 3 heterocycles. The molecule has 2 aromatic heterocycles. The lowest BCUT2D eigenvalue weighted by atomic mass is 9.76. The van der Waals surface area contributed by atoms with Crippen LogP contribution in [0.1, 0.15) is 95.4 Å². The third kappa shape index (κ3) is 5.45. The molecular formula is C30H41N7O. The molecule has 1 aromatic carbocycles. The van der Waals surface area contributed by atoms with Gasteiger partial charge in [-0.1, -0.05) is 70.2 Å².